The SMILES string of the molecule is CN(c1ccccc1)S(=O)(=O)c1ccc(CN)s1. The molecule has 0 saturated carbocycles. The van der Waals surface area contributed by atoms with Crippen LogP contribution in [-0.4, -0.2) is 15.5 Å². The van der Waals surface area contributed by atoms with Gasteiger partial charge in [-0.05, 0) is 24.3 Å². The van der Waals surface area contributed by atoms with E-state index in [0.717, 1.165) is 4.88 Å². The number of hydrogen-bond acceptors (Lipinski definition) is 4. The van der Waals surface area contributed by atoms with Crippen LogP contribution in [0.15, 0.2) is 46.7 Å². The summed E-state index contributed by atoms with van der Waals surface area (Å²) < 4.78 is 26.3. The summed E-state index contributed by atoms with van der Waals surface area (Å²) in [5, 5.41) is 0. The molecule has 96 valence electrons. The molecule has 0 fully saturated rings. The van der Waals surface area contributed by atoms with Crippen LogP contribution in [0.25, 0.3) is 0 Å². The molecule has 1 aromatic carbocycles. The zero-order valence-electron chi connectivity index (χ0n) is 9.91. The van der Waals surface area contributed by atoms with Crippen LogP contribution in [0.1, 0.15) is 4.88 Å². The molecule has 0 spiro atoms. The van der Waals surface area contributed by atoms with Gasteiger partial charge in [0.15, 0.2) is 0 Å². The Hall–Kier alpha value is -1.37. The van der Waals surface area contributed by atoms with Crippen molar-refractivity contribution in [1.82, 2.24) is 0 Å². The predicted octanol–water partition coefficient (Wildman–Crippen LogP) is 2.03. The van der Waals surface area contributed by atoms with Gasteiger partial charge in [-0.1, -0.05) is 18.2 Å². The lowest BCUT2D eigenvalue weighted by Gasteiger charge is -2.18. The fraction of sp³-hybridized carbons (Fsp3) is 0.167. The third kappa shape index (κ3) is 2.40. The Balaban J connectivity index is 2.37. The van der Waals surface area contributed by atoms with Crippen molar-refractivity contribution in [1.29, 1.82) is 0 Å². The second-order valence-electron chi connectivity index (χ2n) is 3.73. The van der Waals surface area contributed by atoms with Gasteiger partial charge in [0.2, 0.25) is 0 Å². The third-order valence-electron chi connectivity index (χ3n) is 2.57. The monoisotopic (exact) mass is 282 g/mol. The maximum atomic E-state index is 12.4. The largest absolute Gasteiger partial charge is 0.326 e. The van der Waals surface area contributed by atoms with Gasteiger partial charge >= 0.3 is 0 Å². The molecule has 18 heavy (non-hydrogen) atoms. The Morgan fingerprint density at radius 3 is 2.39 bits per heavy atom. The van der Waals surface area contributed by atoms with Crippen LogP contribution in [-0.2, 0) is 16.6 Å². The molecule has 0 atom stereocenters. The van der Waals surface area contributed by atoms with Crippen LogP contribution in [0.4, 0.5) is 5.69 Å². The number of thiophene rings is 1. The average Bonchev–Trinajstić information content (AvgIpc) is 2.88. The van der Waals surface area contributed by atoms with Gasteiger partial charge in [0.25, 0.3) is 10.0 Å². The van der Waals surface area contributed by atoms with Crippen molar-refractivity contribution in [3.63, 3.8) is 0 Å². The zero-order valence-corrected chi connectivity index (χ0v) is 11.5. The van der Waals surface area contributed by atoms with Crippen molar-refractivity contribution in [3.8, 4) is 0 Å². The van der Waals surface area contributed by atoms with E-state index in [1.54, 1.807) is 43.4 Å². The summed E-state index contributed by atoms with van der Waals surface area (Å²) in [5.41, 5.74) is 6.13. The van der Waals surface area contributed by atoms with Gasteiger partial charge in [-0.25, -0.2) is 8.42 Å². The maximum Gasteiger partial charge on any atom is 0.273 e. The maximum absolute atomic E-state index is 12.4. The van der Waals surface area contributed by atoms with Crippen molar-refractivity contribution in [2.75, 3.05) is 11.4 Å². The minimum atomic E-state index is -3.48. The topological polar surface area (TPSA) is 63.4 Å². The van der Waals surface area contributed by atoms with Crippen molar-refractivity contribution in [2.45, 2.75) is 10.8 Å². The van der Waals surface area contributed by atoms with Crippen LogP contribution >= 0.6 is 11.3 Å². The molecule has 4 nitrogen and oxygen atoms in total. The van der Waals surface area contributed by atoms with Gasteiger partial charge in [-0.3, -0.25) is 4.31 Å². The lowest BCUT2D eigenvalue weighted by molar-refractivity contribution is 0.596. The van der Waals surface area contributed by atoms with Gasteiger partial charge in [0.05, 0.1) is 5.69 Å². The van der Waals surface area contributed by atoms with E-state index in [2.05, 4.69) is 0 Å². The second kappa shape index (κ2) is 5.09. The fourth-order valence-electron chi connectivity index (χ4n) is 1.52. The Morgan fingerprint density at radius 2 is 1.83 bits per heavy atom. The van der Waals surface area contributed by atoms with Gasteiger partial charge in [-0.15, -0.1) is 11.3 Å². The van der Waals surface area contributed by atoms with E-state index in [0.29, 0.717) is 16.4 Å². The van der Waals surface area contributed by atoms with Crippen molar-refractivity contribution in [2.24, 2.45) is 5.73 Å². The minimum Gasteiger partial charge on any atom is -0.326 e. The summed E-state index contributed by atoms with van der Waals surface area (Å²) in [6.45, 7) is 0.356. The van der Waals surface area contributed by atoms with Gasteiger partial charge in [-0.2, -0.15) is 0 Å². The first kappa shape index (κ1) is 13.1. The van der Waals surface area contributed by atoms with E-state index in [9.17, 15) is 8.42 Å². The standard InChI is InChI=1S/C12H14N2O2S2/c1-14(10-5-3-2-4-6-10)18(15,16)12-8-7-11(9-13)17-12/h2-8H,9,13H2,1H3. The van der Waals surface area contributed by atoms with Gasteiger partial charge in [0.1, 0.15) is 4.21 Å². The van der Waals surface area contributed by atoms with Crippen LogP contribution in [0, 0.1) is 0 Å². The molecule has 2 aromatic rings. The summed E-state index contributed by atoms with van der Waals surface area (Å²) in [7, 11) is -1.94. The Morgan fingerprint density at radius 1 is 1.17 bits per heavy atom. The number of hydrogen-bond donors (Lipinski definition) is 1. The first-order chi connectivity index (χ1) is 8.55. The molecular weight excluding hydrogens is 268 g/mol. The summed E-state index contributed by atoms with van der Waals surface area (Å²) >= 11 is 1.21. The van der Waals surface area contributed by atoms with Crippen molar-refractivity contribution >= 4 is 27.0 Å². The Labute approximate surface area is 111 Å². The molecule has 2 N–H and O–H groups in total. The summed E-state index contributed by atoms with van der Waals surface area (Å²) in [5.74, 6) is 0. The summed E-state index contributed by atoms with van der Waals surface area (Å²) in [4.78, 5) is 0.857. The zero-order chi connectivity index (χ0) is 13.2. The number of anilines is 1. The molecule has 0 aliphatic heterocycles. The molecule has 0 unspecified atom stereocenters. The van der Waals surface area contributed by atoms with Crippen LogP contribution in [0.5, 0.6) is 0 Å². The van der Waals surface area contributed by atoms with E-state index >= 15 is 0 Å². The van der Waals surface area contributed by atoms with Crippen LogP contribution < -0.4 is 10.0 Å². The lowest BCUT2D eigenvalue weighted by atomic mass is 10.3. The van der Waals surface area contributed by atoms with E-state index < -0.39 is 10.0 Å². The van der Waals surface area contributed by atoms with Crippen molar-refractivity contribution in [3.05, 3.63) is 47.3 Å². The van der Waals surface area contributed by atoms with E-state index in [1.807, 2.05) is 6.07 Å². The smallest absolute Gasteiger partial charge is 0.273 e. The first-order valence-corrected chi connectivity index (χ1v) is 7.64. The first-order valence-electron chi connectivity index (χ1n) is 5.38. The molecule has 0 aliphatic rings. The fourth-order valence-corrected chi connectivity index (χ4v) is 4.12. The van der Waals surface area contributed by atoms with Crippen LogP contribution in [0.2, 0.25) is 0 Å². The molecule has 2 rings (SSSR count). The number of para-hydroxylation sites is 1. The molecule has 0 aliphatic carbocycles. The minimum absolute atomic E-state index is 0.314. The molecule has 0 amide bonds. The third-order valence-corrected chi connectivity index (χ3v) is 5.93. The molecule has 6 heteroatoms. The summed E-state index contributed by atoms with van der Waals surface area (Å²) in [6.07, 6.45) is 0. The molecule has 1 aromatic heterocycles. The molecule has 0 radical (unpaired) electrons. The Bertz CT molecular complexity index is 621. The van der Waals surface area contributed by atoms with Gasteiger partial charge in [0, 0.05) is 18.5 Å². The highest BCUT2D eigenvalue weighted by atomic mass is 32.2. The molecular formula is C12H14N2O2S2. The van der Waals surface area contributed by atoms with E-state index in [1.165, 1.54) is 15.6 Å². The van der Waals surface area contributed by atoms with Crippen LogP contribution in [0.3, 0.4) is 0 Å². The normalized spacial score (nSPS) is 11.4. The molecule has 1 heterocycles. The number of nitrogens with two attached hydrogens (primary N) is 1. The highest BCUT2D eigenvalue weighted by Gasteiger charge is 2.22. The highest BCUT2D eigenvalue weighted by molar-refractivity contribution is 7.94. The number of rotatable bonds is 4. The molecule has 0 bridgehead atoms. The van der Waals surface area contributed by atoms with E-state index in [4.69, 9.17) is 5.73 Å². The summed E-state index contributed by atoms with van der Waals surface area (Å²) in [6, 6.07) is 12.3. The van der Waals surface area contributed by atoms with Crippen molar-refractivity contribution < 1.29 is 8.42 Å². The van der Waals surface area contributed by atoms with E-state index in [-0.39, 0.29) is 0 Å². The number of sulfonamides is 1. The molecule has 0 saturated heterocycles. The Kier molecular flexibility index (Phi) is 3.70. The highest BCUT2D eigenvalue weighted by Crippen LogP contribution is 2.27. The average molecular weight is 282 g/mol. The number of benzene rings is 1. The number of nitrogens with zero attached hydrogens (tertiary/aromatic N) is 1. The second-order valence-corrected chi connectivity index (χ2v) is 7.10. The predicted molar refractivity (Wildman–Crippen MR) is 74.2 cm³/mol. The lowest BCUT2D eigenvalue weighted by Crippen LogP contribution is -2.25. The quantitative estimate of drug-likeness (QED) is 0.933. The van der Waals surface area contributed by atoms with Gasteiger partial charge < -0.3 is 5.73 Å².